The van der Waals surface area contributed by atoms with Gasteiger partial charge >= 0.3 is 5.97 Å². The Kier molecular flexibility index (Phi) is 8.70. The van der Waals surface area contributed by atoms with Gasteiger partial charge in [0.1, 0.15) is 23.3 Å². The second kappa shape index (κ2) is 12.0. The lowest BCUT2D eigenvalue weighted by atomic mass is 9.94. The van der Waals surface area contributed by atoms with Crippen LogP contribution >= 0.6 is 11.8 Å². The summed E-state index contributed by atoms with van der Waals surface area (Å²) in [7, 11) is 1.49. The summed E-state index contributed by atoms with van der Waals surface area (Å²) in [5.41, 5.74) is -1.40. The number of rotatable bonds is 12. The van der Waals surface area contributed by atoms with E-state index in [1.54, 1.807) is 48.5 Å². The molecule has 2 aliphatic rings. The number of thioether (sulfide) groups is 1. The summed E-state index contributed by atoms with van der Waals surface area (Å²) in [6.45, 7) is 0.494. The molecule has 2 aliphatic heterocycles. The first-order valence-electron chi connectivity index (χ1n) is 12.2. The van der Waals surface area contributed by atoms with Gasteiger partial charge in [0.15, 0.2) is 5.78 Å². The summed E-state index contributed by atoms with van der Waals surface area (Å²) in [5.74, 6) is -2.49. The third-order valence-corrected chi connectivity index (χ3v) is 7.88. The number of amides is 2. The number of aliphatic hydroxyl groups is 1. The fraction of sp³-hybridized carbons (Fsp3) is 0.407. The van der Waals surface area contributed by atoms with Crippen LogP contribution in [0.15, 0.2) is 54.6 Å². The SMILES string of the molecule is COc1ccc(C[C@](O)(C(=O)O)N2C(=O)[C@@H](NC(=O)Cc3ccccc3)[C@H]2SCC(=O)[C@H]2CCCO2)cc1. The molecule has 4 rings (SSSR count). The Hall–Kier alpha value is -3.41. The maximum atomic E-state index is 13.2. The first-order valence-corrected chi connectivity index (χ1v) is 13.3. The monoisotopic (exact) mass is 542 g/mol. The zero-order valence-electron chi connectivity index (χ0n) is 20.9. The maximum absolute atomic E-state index is 13.2. The lowest BCUT2D eigenvalue weighted by Gasteiger charge is -2.52. The molecule has 11 heteroatoms. The van der Waals surface area contributed by atoms with Crippen molar-refractivity contribution in [3.05, 3.63) is 65.7 Å². The molecule has 4 atom stereocenters. The van der Waals surface area contributed by atoms with Crippen molar-refractivity contribution in [2.75, 3.05) is 19.5 Å². The number of likely N-dealkylation sites (tertiary alicyclic amines) is 1. The number of carboxylic acid groups (broad SMARTS) is 1. The van der Waals surface area contributed by atoms with Crippen molar-refractivity contribution in [2.45, 2.75) is 48.9 Å². The Morgan fingerprint density at radius 3 is 2.45 bits per heavy atom. The summed E-state index contributed by atoms with van der Waals surface area (Å²) in [5, 5.41) is 23.0. The van der Waals surface area contributed by atoms with E-state index in [2.05, 4.69) is 5.32 Å². The summed E-state index contributed by atoms with van der Waals surface area (Å²) >= 11 is 1.00. The fourth-order valence-electron chi connectivity index (χ4n) is 4.55. The van der Waals surface area contributed by atoms with E-state index < -0.39 is 47.4 Å². The molecule has 38 heavy (non-hydrogen) atoms. The van der Waals surface area contributed by atoms with Crippen LogP contribution in [0.4, 0.5) is 0 Å². The summed E-state index contributed by atoms with van der Waals surface area (Å²) in [6, 6.07) is 14.3. The number of carbonyl (C=O) groups is 4. The molecule has 2 fully saturated rings. The highest BCUT2D eigenvalue weighted by molar-refractivity contribution is 8.00. The average molecular weight is 543 g/mol. The molecule has 2 saturated heterocycles. The number of benzene rings is 2. The van der Waals surface area contributed by atoms with Crippen molar-refractivity contribution < 1.29 is 38.9 Å². The van der Waals surface area contributed by atoms with Crippen LogP contribution in [-0.4, -0.2) is 81.4 Å². The molecule has 2 aromatic rings. The van der Waals surface area contributed by atoms with E-state index in [9.17, 15) is 29.4 Å². The summed E-state index contributed by atoms with van der Waals surface area (Å²) in [6.07, 6.45) is 0.440. The number of carboxylic acids is 1. The average Bonchev–Trinajstić information content (AvgIpc) is 3.45. The quantitative estimate of drug-likeness (QED) is 0.339. The van der Waals surface area contributed by atoms with Crippen LogP contribution in [0.3, 0.4) is 0 Å². The standard InChI is InChI=1S/C27H30N2O8S/c1-36-19-11-9-18(10-12-19)15-27(35,26(33)34)29-24(32)23(28-22(31)14-17-6-3-2-4-7-17)25(29)38-16-20(30)21-8-5-13-37-21/h2-4,6-7,9-12,21,23,25,35H,5,8,13-16H2,1H3,(H,28,31)(H,33,34)/t21-,23-,25-,27+/m1/s1. The van der Waals surface area contributed by atoms with Crippen LogP contribution < -0.4 is 10.1 Å². The highest BCUT2D eigenvalue weighted by Gasteiger charge is 2.60. The van der Waals surface area contributed by atoms with E-state index in [0.717, 1.165) is 28.6 Å². The zero-order chi connectivity index (χ0) is 27.3. The Morgan fingerprint density at radius 1 is 1.13 bits per heavy atom. The largest absolute Gasteiger partial charge is 0.497 e. The normalized spacial score (nSPS) is 22.3. The zero-order valence-corrected chi connectivity index (χ0v) is 21.7. The Labute approximate surface area is 224 Å². The van der Waals surface area contributed by atoms with E-state index in [-0.39, 0.29) is 18.0 Å². The lowest BCUT2D eigenvalue weighted by Crippen LogP contribution is -2.77. The number of aliphatic carboxylic acids is 1. The molecule has 3 N–H and O–H groups in total. The molecule has 0 bridgehead atoms. The first kappa shape index (κ1) is 27.6. The number of nitrogens with one attached hydrogen (secondary N) is 1. The van der Waals surface area contributed by atoms with Crippen molar-refractivity contribution in [3.63, 3.8) is 0 Å². The lowest BCUT2D eigenvalue weighted by molar-refractivity contribution is -0.204. The number of Topliss-reactive ketones (excluding diaryl/α,β-unsaturated/α-hetero) is 1. The van der Waals surface area contributed by atoms with Gasteiger partial charge in [-0.2, -0.15) is 0 Å². The van der Waals surface area contributed by atoms with Crippen molar-refractivity contribution in [1.82, 2.24) is 10.2 Å². The predicted octanol–water partition coefficient (Wildman–Crippen LogP) is 1.39. The van der Waals surface area contributed by atoms with Gasteiger partial charge in [0.2, 0.25) is 11.6 Å². The van der Waals surface area contributed by atoms with E-state index >= 15 is 0 Å². The van der Waals surface area contributed by atoms with Gasteiger partial charge < -0.3 is 25.0 Å². The van der Waals surface area contributed by atoms with Gasteiger partial charge in [0.05, 0.1) is 19.3 Å². The van der Waals surface area contributed by atoms with Crippen LogP contribution in [0.2, 0.25) is 0 Å². The highest BCUT2D eigenvalue weighted by atomic mass is 32.2. The van der Waals surface area contributed by atoms with Crippen molar-refractivity contribution in [2.24, 2.45) is 0 Å². The smallest absolute Gasteiger partial charge is 0.357 e. The van der Waals surface area contributed by atoms with Crippen LogP contribution in [0.5, 0.6) is 5.75 Å². The number of β-lactam (4-membered cyclic amide) rings is 1. The van der Waals surface area contributed by atoms with Gasteiger partial charge in [0, 0.05) is 13.0 Å². The molecule has 10 nitrogen and oxygen atoms in total. The van der Waals surface area contributed by atoms with E-state index in [1.807, 2.05) is 6.07 Å². The molecule has 2 heterocycles. The van der Waals surface area contributed by atoms with E-state index in [1.165, 1.54) is 7.11 Å². The number of ketones is 1. The number of ether oxygens (including phenoxy) is 2. The minimum atomic E-state index is -2.60. The second-order valence-electron chi connectivity index (χ2n) is 9.23. The predicted molar refractivity (Wildman–Crippen MR) is 138 cm³/mol. The molecule has 0 aliphatic carbocycles. The van der Waals surface area contributed by atoms with Gasteiger partial charge in [-0.3, -0.25) is 19.3 Å². The topological polar surface area (TPSA) is 142 Å². The molecule has 0 radical (unpaired) electrons. The fourth-order valence-corrected chi connectivity index (χ4v) is 5.88. The van der Waals surface area contributed by atoms with Gasteiger partial charge in [-0.05, 0) is 36.1 Å². The third-order valence-electron chi connectivity index (χ3n) is 6.60. The number of nitrogens with zero attached hydrogens (tertiary/aromatic N) is 1. The van der Waals surface area contributed by atoms with Crippen molar-refractivity contribution in [3.8, 4) is 5.75 Å². The molecule has 0 aromatic heterocycles. The van der Waals surface area contributed by atoms with E-state index in [4.69, 9.17) is 9.47 Å². The minimum Gasteiger partial charge on any atom is -0.497 e. The van der Waals surface area contributed by atoms with Gasteiger partial charge in [-0.1, -0.05) is 42.5 Å². The Bertz CT molecular complexity index is 1170. The summed E-state index contributed by atoms with van der Waals surface area (Å²) in [4.78, 5) is 51.8. The number of hydrogen-bond acceptors (Lipinski definition) is 8. The minimum absolute atomic E-state index is 0.0197. The van der Waals surface area contributed by atoms with Crippen molar-refractivity contribution in [1.29, 1.82) is 0 Å². The highest BCUT2D eigenvalue weighted by Crippen LogP contribution is 2.38. The molecule has 2 aromatic carbocycles. The van der Waals surface area contributed by atoms with Crippen molar-refractivity contribution >= 4 is 35.3 Å². The van der Waals surface area contributed by atoms with Crippen LogP contribution in [0.25, 0.3) is 0 Å². The van der Waals surface area contributed by atoms with Crippen LogP contribution in [-0.2, 0) is 36.8 Å². The van der Waals surface area contributed by atoms with E-state index in [0.29, 0.717) is 24.3 Å². The second-order valence-corrected chi connectivity index (χ2v) is 10.3. The Balaban J connectivity index is 1.54. The number of hydrogen-bond donors (Lipinski definition) is 3. The molecule has 0 unspecified atom stereocenters. The first-order chi connectivity index (χ1) is 18.2. The van der Waals surface area contributed by atoms with Gasteiger partial charge in [0.25, 0.3) is 5.91 Å². The summed E-state index contributed by atoms with van der Waals surface area (Å²) < 4.78 is 10.6. The molecular weight excluding hydrogens is 512 g/mol. The molecular formula is C27H30N2O8S. The maximum Gasteiger partial charge on any atom is 0.357 e. The number of methoxy groups -OCH3 is 1. The Morgan fingerprint density at radius 2 is 1.84 bits per heavy atom. The molecule has 0 spiro atoms. The third kappa shape index (κ3) is 6.01. The van der Waals surface area contributed by atoms with Crippen LogP contribution in [0, 0.1) is 0 Å². The molecule has 202 valence electrons. The molecule has 2 amide bonds. The van der Waals surface area contributed by atoms with Gasteiger partial charge in [-0.25, -0.2) is 4.79 Å². The number of carbonyl (C=O) groups excluding carboxylic acids is 3. The molecule has 0 saturated carbocycles. The van der Waals surface area contributed by atoms with Gasteiger partial charge in [-0.15, -0.1) is 11.8 Å². The van der Waals surface area contributed by atoms with Crippen LogP contribution in [0.1, 0.15) is 24.0 Å².